The number of amides is 1. The summed E-state index contributed by atoms with van der Waals surface area (Å²) >= 11 is 1.27. The number of ether oxygens (including phenoxy) is 2. The minimum atomic E-state index is -0.925. The van der Waals surface area contributed by atoms with Crippen LogP contribution in [0.3, 0.4) is 0 Å². The Morgan fingerprint density at radius 1 is 1.16 bits per heavy atom. The minimum Gasteiger partial charge on any atom is -0.503 e. The molecule has 5 rings (SSSR count). The van der Waals surface area contributed by atoms with Crippen molar-refractivity contribution in [2.24, 2.45) is 0 Å². The van der Waals surface area contributed by atoms with Crippen molar-refractivity contribution in [1.82, 2.24) is 4.98 Å². The molecule has 9 heteroatoms. The fourth-order valence-electron chi connectivity index (χ4n) is 4.19. The standard InChI is InChI=1S/C28H24N2O6S/c1-4-14-35-18-9-7-17(8-10-18)24-23(25(31)21-13-6-16(3)36-21)26(32)27(33)30(24)28-29-20-12-11-19(34-5-2)15-22(20)37-28/h4,6-13,15,24,32H,1,5,14H2,2-3H3. The van der Waals surface area contributed by atoms with E-state index >= 15 is 0 Å². The molecule has 2 aromatic carbocycles. The number of furan rings is 1. The molecule has 1 amide bonds. The number of aliphatic hydroxyl groups is 1. The zero-order valence-electron chi connectivity index (χ0n) is 20.3. The van der Waals surface area contributed by atoms with Crippen molar-refractivity contribution in [1.29, 1.82) is 0 Å². The first-order valence-electron chi connectivity index (χ1n) is 11.7. The van der Waals surface area contributed by atoms with Crippen molar-refractivity contribution in [3.63, 3.8) is 0 Å². The number of anilines is 1. The van der Waals surface area contributed by atoms with Gasteiger partial charge in [-0.2, -0.15) is 0 Å². The van der Waals surface area contributed by atoms with Crippen molar-refractivity contribution >= 4 is 38.4 Å². The largest absolute Gasteiger partial charge is 0.503 e. The van der Waals surface area contributed by atoms with Gasteiger partial charge in [0.05, 0.1) is 28.4 Å². The normalized spacial score (nSPS) is 15.5. The Balaban J connectivity index is 1.61. The molecule has 0 saturated heterocycles. The molecule has 3 heterocycles. The maximum Gasteiger partial charge on any atom is 0.296 e. The maximum absolute atomic E-state index is 13.5. The Hall–Kier alpha value is -4.37. The van der Waals surface area contributed by atoms with Crippen molar-refractivity contribution in [2.45, 2.75) is 19.9 Å². The van der Waals surface area contributed by atoms with E-state index in [9.17, 15) is 14.7 Å². The molecule has 0 aliphatic carbocycles. The number of ketones is 1. The Morgan fingerprint density at radius 2 is 1.92 bits per heavy atom. The van der Waals surface area contributed by atoms with Gasteiger partial charge in [0.2, 0.25) is 5.78 Å². The van der Waals surface area contributed by atoms with Crippen LogP contribution in [0.2, 0.25) is 0 Å². The molecule has 8 nitrogen and oxygen atoms in total. The number of aromatic nitrogens is 1. The van der Waals surface area contributed by atoms with E-state index in [4.69, 9.17) is 13.9 Å². The highest BCUT2D eigenvalue weighted by atomic mass is 32.1. The van der Waals surface area contributed by atoms with Crippen LogP contribution in [0.15, 0.2) is 83.0 Å². The molecule has 2 aromatic heterocycles. The van der Waals surface area contributed by atoms with Gasteiger partial charge in [0.15, 0.2) is 16.7 Å². The molecule has 0 saturated carbocycles. The Morgan fingerprint density at radius 3 is 2.59 bits per heavy atom. The number of hydrogen-bond donors (Lipinski definition) is 1. The number of carbonyl (C=O) groups excluding carboxylic acids is 2. The van der Waals surface area contributed by atoms with Gasteiger partial charge in [0.25, 0.3) is 5.91 Å². The molecular weight excluding hydrogens is 492 g/mol. The topological polar surface area (TPSA) is 102 Å². The van der Waals surface area contributed by atoms with Gasteiger partial charge >= 0.3 is 0 Å². The molecule has 1 unspecified atom stereocenters. The van der Waals surface area contributed by atoms with Gasteiger partial charge < -0.3 is 19.0 Å². The molecule has 1 atom stereocenters. The summed E-state index contributed by atoms with van der Waals surface area (Å²) in [7, 11) is 0. The molecule has 1 aliphatic heterocycles. The van der Waals surface area contributed by atoms with Crippen LogP contribution in [0, 0.1) is 6.92 Å². The summed E-state index contributed by atoms with van der Waals surface area (Å²) in [6.45, 7) is 8.12. The van der Waals surface area contributed by atoms with Crippen LogP contribution in [0.4, 0.5) is 5.13 Å². The molecular formula is C28H24N2O6S. The second-order valence-electron chi connectivity index (χ2n) is 8.31. The molecule has 1 aliphatic rings. The Labute approximate surface area is 217 Å². The number of benzene rings is 2. The minimum absolute atomic E-state index is 0.0373. The second-order valence-corrected chi connectivity index (χ2v) is 9.32. The van der Waals surface area contributed by atoms with Crippen LogP contribution >= 0.6 is 11.3 Å². The van der Waals surface area contributed by atoms with E-state index in [2.05, 4.69) is 11.6 Å². The van der Waals surface area contributed by atoms with E-state index in [1.54, 1.807) is 43.3 Å². The predicted octanol–water partition coefficient (Wildman–Crippen LogP) is 5.94. The van der Waals surface area contributed by atoms with Gasteiger partial charge in [-0.25, -0.2) is 4.98 Å². The predicted molar refractivity (Wildman–Crippen MR) is 141 cm³/mol. The summed E-state index contributed by atoms with van der Waals surface area (Å²) < 4.78 is 17.5. The molecule has 37 heavy (non-hydrogen) atoms. The van der Waals surface area contributed by atoms with Gasteiger partial charge in [-0.1, -0.05) is 36.1 Å². The molecule has 0 fully saturated rings. The number of rotatable bonds is 9. The SMILES string of the molecule is C=CCOc1ccc(C2C(C(=O)c3ccc(C)o3)=C(O)C(=O)N2c2nc3ccc(OCC)cc3s2)cc1. The fraction of sp³-hybridized carbons (Fsp3) is 0.179. The molecule has 1 N–H and O–H groups in total. The van der Waals surface area contributed by atoms with Gasteiger partial charge in [-0.3, -0.25) is 14.5 Å². The van der Waals surface area contributed by atoms with E-state index in [-0.39, 0.29) is 11.3 Å². The van der Waals surface area contributed by atoms with E-state index in [0.29, 0.717) is 46.7 Å². The number of aryl methyl sites for hydroxylation is 1. The lowest BCUT2D eigenvalue weighted by atomic mass is 9.95. The number of thiazole rings is 1. The summed E-state index contributed by atoms with van der Waals surface area (Å²) in [5, 5.41) is 11.3. The van der Waals surface area contributed by atoms with Crippen LogP contribution in [0.25, 0.3) is 10.2 Å². The summed E-state index contributed by atoms with van der Waals surface area (Å²) in [5.74, 6) is -0.0482. The average molecular weight is 517 g/mol. The highest BCUT2D eigenvalue weighted by Crippen LogP contribution is 2.44. The highest BCUT2D eigenvalue weighted by Gasteiger charge is 2.46. The third-order valence-electron chi connectivity index (χ3n) is 5.85. The first kappa shape index (κ1) is 24.3. The van der Waals surface area contributed by atoms with Gasteiger partial charge in [-0.05, 0) is 61.9 Å². The molecule has 4 aromatic rings. The third kappa shape index (κ3) is 4.49. The zero-order valence-corrected chi connectivity index (χ0v) is 21.1. The van der Waals surface area contributed by atoms with E-state index < -0.39 is 23.5 Å². The van der Waals surface area contributed by atoms with Crippen molar-refractivity contribution in [2.75, 3.05) is 18.1 Å². The van der Waals surface area contributed by atoms with E-state index in [1.165, 1.54) is 22.3 Å². The van der Waals surface area contributed by atoms with Crippen LogP contribution < -0.4 is 14.4 Å². The first-order valence-corrected chi connectivity index (χ1v) is 12.5. The summed E-state index contributed by atoms with van der Waals surface area (Å²) in [6, 6.07) is 14.7. The van der Waals surface area contributed by atoms with Crippen LogP contribution in [0.1, 0.15) is 34.8 Å². The van der Waals surface area contributed by atoms with Gasteiger partial charge in [-0.15, -0.1) is 0 Å². The third-order valence-corrected chi connectivity index (χ3v) is 6.86. The van der Waals surface area contributed by atoms with Crippen molar-refractivity contribution in [3.8, 4) is 11.5 Å². The number of Topliss-reactive ketones (excluding diaryl/α,β-unsaturated/α-hetero) is 1. The monoisotopic (exact) mass is 516 g/mol. The summed E-state index contributed by atoms with van der Waals surface area (Å²) in [5.41, 5.74) is 1.20. The fourth-order valence-corrected chi connectivity index (χ4v) is 5.21. The Bertz CT molecular complexity index is 1530. The number of carbonyl (C=O) groups is 2. The van der Waals surface area contributed by atoms with Crippen LogP contribution in [-0.4, -0.2) is 35.0 Å². The molecule has 0 spiro atoms. The zero-order chi connectivity index (χ0) is 26.1. The lowest BCUT2D eigenvalue weighted by Crippen LogP contribution is -2.30. The quantitative estimate of drug-likeness (QED) is 0.217. The lowest BCUT2D eigenvalue weighted by Gasteiger charge is -2.24. The van der Waals surface area contributed by atoms with Gasteiger partial charge in [0.1, 0.15) is 23.9 Å². The second kappa shape index (κ2) is 9.94. The molecule has 0 radical (unpaired) electrons. The van der Waals surface area contributed by atoms with Gasteiger partial charge in [0, 0.05) is 0 Å². The smallest absolute Gasteiger partial charge is 0.296 e. The number of nitrogens with zero attached hydrogens (tertiary/aromatic N) is 2. The average Bonchev–Trinajstić information content (AvgIpc) is 3.59. The van der Waals surface area contributed by atoms with Crippen molar-refractivity contribution in [3.05, 3.63) is 95.7 Å². The van der Waals surface area contributed by atoms with E-state index in [0.717, 1.165) is 4.70 Å². The van der Waals surface area contributed by atoms with Crippen molar-refractivity contribution < 1.29 is 28.6 Å². The number of hydrogen-bond acceptors (Lipinski definition) is 8. The Kier molecular flexibility index (Phi) is 6.54. The lowest BCUT2D eigenvalue weighted by molar-refractivity contribution is -0.117. The number of fused-ring (bicyclic) bond motifs is 1. The molecule has 188 valence electrons. The summed E-state index contributed by atoms with van der Waals surface area (Å²) in [6.07, 6.45) is 1.64. The van der Waals surface area contributed by atoms with Crippen LogP contribution in [0.5, 0.6) is 11.5 Å². The number of aliphatic hydroxyl groups excluding tert-OH is 1. The summed E-state index contributed by atoms with van der Waals surface area (Å²) in [4.78, 5) is 32.9. The molecule has 0 bridgehead atoms. The maximum atomic E-state index is 13.5. The van der Waals surface area contributed by atoms with Crippen LogP contribution in [-0.2, 0) is 4.79 Å². The van der Waals surface area contributed by atoms with E-state index in [1.807, 2.05) is 25.1 Å². The highest BCUT2D eigenvalue weighted by molar-refractivity contribution is 7.22. The first-order chi connectivity index (χ1) is 17.9.